The Labute approximate surface area is 186 Å². The average Bonchev–Trinajstić information content (AvgIpc) is 3.06. The number of halogens is 3. The number of thiazole rings is 1. The number of aromatic nitrogens is 1. The zero-order chi connectivity index (χ0) is 20.0. The van der Waals surface area contributed by atoms with Gasteiger partial charge in [-0.05, 0) is 13.0 Å². The van der Waals surface area contributed by atoms with Crippen LogP contribution < -0.4 is 15.4 Å². The molecule has 2 N–H and O–H groups in total. The lowest BCUT2D eigenvalue weighted by atomic mass is 9.93. The number of hydrogen-bond acceptors (Lipinski definition) is 4. The standard InChI is InChI=1S/C19H26F2N4OS.HI/c1-12-6-7-14(26-17(20)21)13(8-12)9-23-18(22-5)24-10-16-25-15(11-27-16)19(2,3)4;/h6-8,11,17H,9-10H2,1-5H3,(H2,22,23,24);1H. The normalized spacial score (nSPS) is 11.9. The molecule has 0 aliphatic rings. The van der Waals surface area contributed by atoms with Gasteiger partial charge in [0, 0.05) is 30.0 Å². The van der Waals surface area contributed by atoms with Crippen LogP contribution in [0.5, 0.6) is 5.75 Å². The van der Waals surface area contributed by atoms with Crippen LogP contribution in [0.1, 0.15) is 42.6 Å². The summed E-state index contributed by atoms with van der Waals surface area (Å²) < 4.78 is 29.7. The number of hydrogen-bond donors (Lipinski definition) is 2. The van der Waals surface area contributed by atoms with Crippen molar-refractivity contribution in [1.82, 2.24) is 15.6 Å². The van der Waals surface area contributed by atoms with E-state index in [0.29, 0.717) is 24.6 Å². The number of rotatable bonds is 6. The third kappa shape index (κ3) is 7.50. The molecule has 5 nitrogen and oxygen atoms in total. The molecule has 0 aliphatic heterocycles. The highest BCUT2D eigenvalue weighted by Gasteiger charge is 2.17. The van der Waals surface area contributed by atoms with Crippen LogP contribution in [0.4, 0.5) is 8.78 Å². The Hall–Kier alpha value is -1.49. The lowest BCUT2D eigenvalue weighted by Crippen LogP contribution is -2.36. The van der Waals surface area contributed by atoms with E-state index in [1.165, 1.54) is 0 Å². The van der Waals surface area contributed by atoms with E-state index in [0.717, 1.165) is 16.3 Å². The van der Waals surface area contributed by atoms with Gasteiger partial charge in [0.25, 0.3) is 0 Å². The van der Waals surface area contributed by atoms with E-state index in [1.807, 2.05) is 13.0 Å². The van der Waals surface area contributed by atoms with Crippen molar-refractivity contribution in [3.05, 3.63) is 45.4 Å². The summed E-state index contributed by atoms with van der Waals surface area (Å²) in [4.78, 5) is 8.80. The van der Waals surface area contributed by atoms with Gasteiger partial charge in [0.15, 0.2) is 5.96 Å². The predicted molar refractivity (Wildman–Crippen MR) is 121 cm³/mol. The lowest BCUT2D eigenvalue weighted by molar-refractivity contribution is -0.0504. The van der Waals surface area contributed by atoms with Crippen molar-refractivity contribution in [1.29, 1.82) is 0 Å². The molecule has 0 fully saturated rings. The quantitative estimate of drug-likeness (QED) is 0.323. The molecule has 0 bridgehead atoms. The molecule has 1 heterocycles. The first-order chi connectivity index (χ1) is 12.7. The van der Waals surface area contributed by atoms with Crippen LogP contribution in [0, 0.1) is 6.92 Å². The monoisotopic (exact) mass is 524 g/mol. The van der Waals surface area contributed by atoms with Crippen LogP contribution in [0.15, 0.2) is 28.6 Å². The second kappa shape index (κ2) is 10.9. The molecule has 0 saturated heterocycles. The summed E-state index contributed by atoms with van der Waals surface area (Å²) in [6, 6.07) is 5.11. The predicted octanol–water partition coefficient (Wildman–Crippen LogP) is 4.83. The van der Waals surface area contributed by atoms with E-state index in [9.17, 15) is 8.78 Å². The van der Waals surface area contributed by atoms with Crippen LogP contribution in [0.25, 0.3) is 0 Å². The van der Waals surface area contributed by atoms with Crippen molar-refractivity contribution in [3.63, 3.8) is 0 Å². The Morgan fingerprint density at radius 2 is 1.93 bits per heavy atom. The van der Waals surface area contributed by atoms with Gasteiger partial charge >= 0.3 is 6.61 Å². The highest BCUT2D eigenvalue weighted by Crippen LogP contribution is 2.24. The lowest BCUT2D eigenvalue weighted by Gasteiger charge is -2.15. The van der Waals surface area contributed by atoms with Crippen molar-refractivity contribution < 1.29 is 13.5 Å². The number of aryl methyl sites for hydroxylation is 1. The molecule has 0 atom stereocenters. The molecular weight excluding hydrogens is 497 g/mol. The maximum absolute atomic E-state index is 12.6. The van der Waals surface area contributed by atoms with Crippen LogP contribution in [-0.2, 0) is 18.5 Å². The van der Waals surface area contributed by atoms with E-state index in [2.05, 4.69) is 51.5 Å². The molecule has 2 rings (SSSR count). The largest absolute Gasteiger partial charge is 0.434 e. The van der Waals surface area contributed by atoms with E-state index in [1.54, 1.807) is 30.5 Å². The molecule has 1 aromatic heterocycles. The van der Waals surface area contributed by atoms with E-state index < -0.39 is 6.61 Å². The number of nitrogens with zero attached hydrogens (tertiary/aromatic N) is 2. The number of alkyl halides is 2. The van der Waals surface area contributed by atoms with Gasteiger partial charge in [-0.15, -0.1) is 35.3 Å². The van der Waals surface area contributed by atoms with Gasteiger partial charge in [-0.25, -0.2) is 4.98 Å². The molecular formula is C19H27F2IN4OS. The van der Waals surface area contributed by atoms with Crippen molar-refractivity contribution in [2.24, 2.45) is 4.99 Å². The zero-order valence-electron chi connectivity index (χ0n) is 16.7. The molecule has 0 radical (unpaired) electrons. The van der Waals surface area contributed by atoms with Gasteiger partial charge in [0.2, 0.25) is 0 Å². The molecule has 0 aliphatic carbocycles. The fourth-order valence-corrected chi connectivity index (χ4v) is 3.31. The van der Waals surface area contributed by atoms with Crippen LogP contribution in [0.3, 0.4) is 0 Å². The first-order valence-electron chi connectivity index (χ1n) is 8.63. The summed E-state index contributed by atoms with van der Waals surface area (Å²) in [5.74, 6) is 0.723. The molecule has 0 amide bonds. The van der Waals surface area contributed by atoms with Gasteiger partial charge < -0.3 is 15.4 Å². The van der Waals surface area contributed by atoms with Crippen molar-refractivity contribution >= 4 is 41.3 Å². The summed E-state index contributed by atoms with van der Waals surface area (Å²) >= 11 is 1.59. The van der Waals surface area contributed by atoms with Gasteiger partial charge in [-0.1, -0.05) is 38.5 Å². The van der Waals surface area contributed by atoms with Gasteiger partial charge in [0.1, 0.15) is 10.8 Å². The van der Waals surface area contributed by atoms with Crippen LogP contribution in [-0.4, -0.2) is 24.6 Å². The number of benzene rings is 1. The van der Waals surface area contributed by atoms with Crippen molar-refractivity contribution in [3.8, 4) is 5.75 Å². The third-order valence-electron chi connectivity index (χ3n) is 3.83. The SMILES string of the molecule is CN=C(NCc1nc(C(C)(C)C)cs1)NCc1cc(C)ccc1OC(F)F.I. The number of guanidine groups is 1. The number of nitrogens with one attached hydrogen (secondary N) is 2. The van der Waals surface area contributed by atoms with Crippen molar-refractivity contribution in [2.75, 3.05) is 7.05 Å². The smallest absolute Gasteiger partial charge is 0.387 e. The Morgan fingerprint density at radius 1 is 1.25 bits per heavy atom. The first-order valence-corrected chi connectivity index (χ1v) is 9.50. The highest BCUT2D eigenvalue weighted by molar-refractivity contribution is 14.0. The maximum atomic E-state index is 12.6. The molecule has 0 spiro atoms. The Bertz CT molecular complexity index is 790. The molecule has 9 heteroatoms. The van der Waals surface area contributed by atoms with E-state index >= 15 is 0 Å². The van der Waals surface area contributed by atoms with Gasteiger partial charge in [-0.3, -0.25) is 4.99 Å². The topological polar surface area (TPSA) is 58.5 Å². The van der Waals surface area contributed by atoms with Crippen LogP contribution >= 0.6 is 35.3 Å². The minimum atomic E-state index is -2.86. The van der Waals surface area contributed by atoms with Gasteiger partial charge in [-0.2, -0.15) is 8.78 Å². The highest BCUT2D eigenvalue weighted by atomic mass is 127. The maximum Gasteiger partial charge on any atom is 0.387 e. The van der Waals surface area contributed by atoms with E-state index in [-0.39, 0.29) is 35.1 Å². The second-order valence-corrected chi connectivity index (χ2v) is 8.09. The molecule has 2 aromatic rings. The Balaban J connectivity index is 0.00000392. The number of ether oxygens (including phenoxy) is 1. The molecule has 156 valence electrons. The van der Waals surface area contributed by atoms with Crippen molar-refractivity contribution in [2.45, 2.75) is 52.8 Å². The summed E-state index contributed by atoms with van der Waals surface area (Å²) in [5.41, 5.74) is 2.68. The Kier molecular flexibility index (Phi) is 9.55. The minimum Gasteiger partial charge on any atom is -0.434 e. The second-order valence-electron chi connectivity index (χ2n) is 7.15. The first kappa shape index (κ1) is 24.5. The summed E-state index contributed by atoms with van der Waals surface area (Å²) in [7, 11) is 1.66. The molecule has 0 saturated carbocycles. The van der Waals surface area contributed by atoms with Crippen LogP contribution in [0.2, 0.25) is 0 Å². The molecule has 1 aromatic carbocycles. The molecule has 0 unspecified atom stereocenters. The zero-order valence-corrected chi connectivity index (χ0v) is 19.8. The summed E-state index contributed by atoms with van der Waals surface area (Å²) in [5, 5.41) is 9.34. The van der Waals surface area contributed by atoms with Gasteiger partial charge in [0.05, 0.1) is 12.2 Å². The van der Waals surface area contributed by atoms with E-state index in [4.69, 9.17) is 0 Å². The summed E-state index contributed by atoms with van der Waals surface area (Å²) in [6.07, 6.45) is 0. The third-order valence-corrected chi connectivity index (χ3v) is 4.68. The molecule has 28 heavy (non-hydrogen) atoms. The average molecular weight is 524 g/mol. The minimum absolute atomic E-state index is 0. The summed E-state index contributed by atoms with van der Waals surface area (Å²) in [6.45, 7) is 6.27. The fourth-order valence-electron chi connectivity index (χ4n) is 2.35. The Morgan fingerprint density at radius 3 is 2.50 bits per heavy atom. The fraction of sp³-hybridized carbons (Fsp3) is 0.474. The number of aliphatic imine (C=N–C) groups is 1.